The third-order valence-corrected chi connectivity index (χ3v) is 3.52. The number of halogens is 1. The normalized spacial score (nSPS) is 9.58. The van der Waals surface area contributed by atoms with Gasteiger partial charge in [0.05, 0.1) is 0 Å². The van der Waals surface area contributed by atoms with Gasteiger partial charge in [0.1, 0.15) is 0 Å². The fraction of sp³-hybridized carbons (Fsp3) is 0.0625. The number of Topliss-reactive ketones (excluding diaryl/α,β-unsaturated/α-hetero) is 1. The van der Waals surface area contributed by atoms with E-state index in [2.05, 4.69) is 11.8 Å². The Morgan fingerprint density at radius 2 is 1.89 bits per heavy atom. The molecule has 0 radical (unpaired) electrons. The standard InChI is InChI=1S/C16H11ClOS/c1-19-16-11-13(17)8-9-14(16)15(18)10-7-12-5-3-2-4-6-12/h2-6,8-9,11H,1H3. The highest BCUT2D eigenvalue weighted by Crippen LogP contribution is 2.24. The van der Waals surface area contributed by atoms with Gasteiger partial charge in [0.25, 0.3) is 0 Å². The average molecular weight is 287 g/mol. The van der Waals surface area contributed by atoms with Crippen LogP contribution in [-0.4, -0.2) is 12.0 Å². The maximum Gasteiger partial charge on any atom is 0.237 e. The maximum atomic E-state index is 12.1. The molecule has 2 rings (SSSR count). The van der Waals surface area contributed by atoms with E-state index in [1.54, 1.807) is 18.2 Å². The molecule has 0 atom stereocenters. The van der Waals surface area contributed by atoms with Crippen LogP contribution in [-0.2, 0) is 0 Å². The first-order chi connectivity index (χ1) is 9.20. The molecule has 2 aromatic rings. The molecule has 0 aliphatic carbocycles. The monoisotopic (exact) mass is 286 g/mol. The summed E-state index contributed by atoms with van der Waals surface area (Å²) in [7, 11) is 0. The molecule has 1 nitrogen and oxygen atoms in total. The molecule has 0 fully saturated rings. The van der Waals surface area contributed by atoms with Crippen LogP contribution in [0.25, 0.3) is 0 Å². The summed E-state index contributed by atoms with van der Waals surface area (Å²) in [5.74, 6) is 5.34. The predicted molar refractivity (Wildman–Crippen MR) is 80.9 cm³/mol. The quantitative estimate of drug-likeness (QED) is 0.465. The van der Waals surface area contributed by atoms with Gasteiger partial charge >= 0.3 is 0 Å². The second-order valence-electron chi connectivity index (χ2n) is 3.79. The van der Waals surface area contributed by atoms with Crippen LogP contribution in [0.5, 0.6) is 0 Å². The highest BCUT2D eigenvalue weighted by Gasteiger charge is 2.08. The van der Waals surface area contributed by atoms with E-state index < -0.39 is 0 Å². The van der Waals surface area contributed by atoms with Gasteiger partial charge in [0.2, 0.25) is 5.78 Å². The van der Waals surface area contributed by atoms with E-state index in [-0.39, 0.29) is 5.78 Å². The summed E-state index contributed by atoms with van der Waals surface area (Å²) in [4.78, 5) is 12.9. The van der Waals surface area contributed by atoms with Crippen molar-refractivity contribution in [3.05, 3.63) is 64.7 Å². The zero-order chi connectivity index (χ0) is 13.7. The van der Waals surface area contributed by atoms with Crippen molar-refractivity contribution in [1.29, 1.82) is 0 Å². The summed E-state index contributed by atoms with van der Waals surface area (Å²) in [6.45, 7) is 0. The van der Waals surface area contributed by atoms with E-state index in [9.17, 15) is 4.79 Å². The number of rotatable bonds is 2. The highest BCUT2D eigenvalue weighted by molar-refractivity contribution is 7.98. The lowest BCUT2D eigenvalue weighted by Gasteiger charge is -2.02. The number of hydrogen-bond donors (Lipinski definition) is 0. The second kappa shape index (κ2) is 6.47. The molecule has 0 aromatic heterocycles. The molecule has 0 amide bonds. The molecule has 0 unspecified atom stereocenters. The summed E-state index contributed by atoms with van der Waals surface area (Å²) in [5.41, 5.74) is 1.43. The van der Waals surface area contributed by atoms with Gasteiger partial charge in [-0.15, -0.1) is 11.8 Å². The van der Waals surface area contributed by atoms with Crippen molar-refractivity contribution in [3.8, 4) is 11.8 Å². The van der Waals surface area contributed by atoms with E-state index in [1.807, 2.05) is 36.6 Å². The minimum Gasteiger partial charge on any atom is -0.279 e. The number of carbonyl (C=O) groups is 1. The summed E-state index contributed by atoms with van der Waals surface area (Å²) in [6, 6.07) is 14.7. The van der Waals surface area contributed by atoms with Crippen LogP contribution in [0.3, 0.4) is 0 Å². The third kappa shape index (κ3) is 3.64. The van der Waals surface area contributed by atoms with Crippen molar-refractivity contribution in [2.45, 2.75) is 4.90 Å². The first-order valence-electron chi connectivity index (χ1n) is 5.65. The summed E-state index contributed by atoms with van der Waals surface area (Å²) in [5, 5.41) is 0.622. The molecule has 19 heavy (non-hydrogen) atoms. The van der Waals surface area contributed by atoms with E-state index >= 15 is 0 Å². The Kier molecular flexibility index (Phi) is 4.68. The minimum atomic E-state index is -0.190. The topological polar surface area (TPSA) is 17.1 Å². The van der Waals surface area contributed by atoms with Gasteiger partial charge in [-0.2, -0.15) is 0 Å². The number of benzene rings is 2. The van der Waals surface area contributed by atoms with Crippen molar-refractivity contribution in [2.75, 3.05) is 6.26 Å². The molecule has 0 aliphatic heterocycles. The summed E-state index contributed by atoms with van der Waals surface area (Å²) in [6.07, 6.45) is 1.91. The molecule has 94 valence electrons. The molecule has 0 bridgehead atoms. The Bertz CT molecular complexity index is 653. The van der Waals surface area contributed by atoms with E-state index in [0.29, 0.717) is 10.6 Å². The van der Waals surface area contributed by atoms with Crippen LogP contribution in [0.15, 0.2) is 53.4 Å². The molecule has 0 spiro atoms. The van der Waals surface area contributed by atoms with E-state index in [1.165, 1.54) is 11.8 Å². The molecular weight excluding hydrogens is 276 g/mol. The Morgan fingerprint density at radius 1 is 1.16 bits per heavy atom. The van der Waals surface area contributed by atoms with Crippen LogP contribution < -0.4 is 0 Å². The van der Waals surface area contributed by atoms with E-state index in [0.717, 1.165) is 10.5 Å². The predicted octanol–water partition coefficient (Wildman–Crippen LogP) is 4.30. The zero-order valence-corrected chi connectivity index (χ0v) is 11.9. The minimum absolute atomic E-state index is 0.190. The van der Waals surface area contributed by atoms with Gasteiger partial charge in [0.15, 0.2) is 0 Å². The van der Waals surface area contributed by atoms with Crippen molar-refractivity contribution >= 4 is 29.1 Å². The molecular formula is C16H11ClOS. The Hall–Kier alpha value is -1.69. The van der Waals surface area contributed by atoms with Gasteiger partial charge in [0, 0.05) is 21.0 Å². The van der Waals surface area contributed by atoms with Gasteiger partial charge in [-0.05, 0) is 42.5 Å². The fourth-order valence-corrected chi connectivity index (χ4v) is 2.43. The first-order valence-corrected chi connectivity index (χ1v) is 7.26. The highest BCUT2D eigenvalue weighted by atomic mass is 35.5. The third-order valence-electron chi connectivity index (χ3n) is 2.50. The smallest absolute Gasteiger partial charge is 0.237 e. The fourth-order valence-electron chi connectivity index (χ4n) is 1.57. The maximum absolute atomic E-state index is 12.1. The zero-order valence-electron chi connectivity index (χ0n) is 10.3. The Morgan fingerprint density at radius 3 is 2.58 bits per heavy atom. The number of ketones is 1. The van der Waals surface area contributed by atoms with Crippen molar-refractivity contribution < 1.29 is 4.79 Å². The molecule has 0 saturated carbocycles. The number of hydrogen-bond acceptors (Lipinski definition) is 2. The average Bonchev–Trinajstić information content (AvgIpc) is 2.45. The first kappa shape index (κ1) is 13.7. The summed E-state index contributed by atoms with van der Waals surface area (Å²) >= 11 is 7.40. The molecule has 0 aliphatic rings. The number of carbonyl (C=O) groups excluding carboxylic acids is 1. The molecule has 3 heteroatoms. The second-order valence-corrected chi connectivity index (χ2v) is 5.07. The van der Waals surface area contributed by atoms with Crippen molar-refractivity contribution in [1.82, 2.24) is 0 Å². The van der Waals surface area contributed by atoms with Crippen LogP contribution in [0.4, 0.5) is 0 Å². The molecule has 2 aromatic carbocycles. The van der Waals surface area contributed by atoms with Gasteiger partial charge in [-0.25, -0.2) is 0 Å². The Labute approximate surface area is 122 Å². The lowest BCUT2D eigenvalue weighted by atomic mass is 10.1. The Balaban J connectivity index is 2.29. The summed E-state index contributed by atoms with van der Waals surface area (Å²) < 4.78 is 0. The van der Waals surface area contributed by atoms with Gasteiger partial charge in [-0.3, -0.25) is 4.79 Å². The molecule has 0 N–H and O–H groups in total. The SMILES string of the molecule is CSc1cc(Cl)ccc1C(=O)C#Cc1ccccc1. The van der Waals surface area contributed by atoms with Gasteiger partial charge in [-0.1, -0.05) is 35.7 Å². The molecule has 0 heterocycles. The van der Waals surface area contributed by atoms with Gasteiger partial charge < -0.3 is 0 Å². The van der Waals surface area contributed by atoms with E-state index in [4.69, 9.17) is 11.6 Å². The van der Waals surface area contributed by atoms with Crippen LogP contribution in [0.2, 0.25) is 5.02 Å². The molecule has 0 saturated heterocycles. The number of thioether (sulfide) groups is 1. The van der Waals surface area contributed by atoms with Crippen molar-refractivity contribution in [2.24, 2.45) is 0 Å². The van der Waals surface area contributed by atoms with Crippen LogP contribution >= 0.6 is 23.4 Å². The lowest BCUT2D eigenvalue weighted by Crippen LogP contribution is -1.97. The largest absolute Gasteiger partial charge is 0.279 e. The van der Waals surface area contributed by atoms with Crippen LogP contribution in [0, 0.1) is 11.8 Å². The van der Waals surface area contributed by atoms with Crippen LogP contribution in [0.1, 0.15) is 15.9 Å². The lowest BCUT2D eigenvalue weighted by molar-refractivity contribution is 0.105. The van der Waals surface area contributed by atoms with Crippen molar-refractivity contribution in [3.63, 3.8) is 0 Å².